The molecule has 1 aliphatic carbocycles. The maximum atomic E-state index is 12.6. The average molecular weight is 363 g/mol. The molecular formula is C18H22N2O2S2. The van der Waals surface area contributed by atoms with E-state index in [1.165, 1.54) is 17.5 Å². The summed E-state index contributed by atoms with van der Waals surface area (Å²) in [6, 6.07) is 8.51. The largest absolute Gasteiger partial charge is 0.374 e. The predicted octanol–water partition coefficient (Wildman–Crippen LogP) is 3.70. The number of aromatic nitrogens is 1. The second kappa shape index (κ2) is 7.42. The second-order valence-corrected chi connectivity index (χ2v) is 8.52. The molecule has 0 radical (unpaired) electrons. The zero-order valence-electron chi connectivity index (χ0n) is 13.6. The van der Waals surface area contributed by atoms with Crippen LogP contribution in [-0.2, 0) is 15.3 Å². The fourth-order valence-electron chi connectivity index (χ4n) is 3.70. The molecule has 2 unspecified atom stereocenters. The molecule has 1 aromatic carbocycles. The lowest BCUT2D eigenvalue weighted by Crippen LogP contribution is -2.55. The smallest absolute Gasteiger partial charge is 0.232 e. The zero-order chi connectivity index (χ0) is 16.4. The molecule has 0 N–H and O–H groups in total. The molecule has 24 heavy (non-hydrogen) atoms. The number of benzene rings is 1. The summed E-state index contributed by atoms with van der Waals surface area (Å²) in [6.07, 6.45) is 4.92. The van der Waals surface area contributed by atoms with E-state index in [1.807, 2.05) is 18.2 Å². The van der Waals surface area contributed by atoms with Gasteiger partial charge in [0.25, 0.3) is 0 Å². The van der Waals surface area contributed by atoms with E-state index in [1.54, 1.807) is 23.1 Å². The summed E-state index contributed by atoms with van der Waals surface area (Å²) < 4.78 is 7.08. The Balaban J connectivity index is 1.32. The fourth-order valence-corrected chi connectivity index (χ4v) is 5.63. The van der Waals surface area contributed by atoms with Gasteiger partial charge in [-0.05, 0) is 25.0 Å². The zero-order valence-corrected chi connectivity index (χ0v) is 15.3. The highest BCUT2D eigenvalue weighted by molar-refractivity contribution is 7.99. The topological polar surface area (TPSA) is 42.4 Å². The highest BCUT2D eigenvalue weighted by Crippen LogP contribution is 2.29. The van der Waals surface area contributed by atoms with Gasteiger partial charge < -0.3 is 9.64 Å². The normalized spacial score (nSPS) is 24.1. The lowest BCUT2D eigenvalue weighted by molar-refractivity contribution is -0.146. The first-order valence-electron chi connectivity index (χ1n) is 8.64. The predicted molar refractivity (Wildman–Crippen MR) is 99.5 cm³/mol. The van der Waals surface area contributed by atoms with Gasteiger partial charge in [0.2, 0.25) is 5.91 Å². The molecule has 1 saturated heterocycles. The second-order valence-electron chi connectivity index (χ2n) is 6.42. The van der Waals surface area contributed by atoms with E-state index >= 15 is 0 Å². The van der Waals surface area contributed by atoms with Crippen molar-refractivity contribution in [2.75, 3.05) is 18.9 Å². The van der Waals surface area contributed by atoms with Crippen LogP contribution in [0.1, 0.15) is 30.7 Å². The molecule has 4 rings (SSSR count). The number of nitrogens with zero attached hydrogens (tertiary/aromatic N) is 2. The minimum Gasteiger partial charge on any atom is -0.374 e. The summed E-state index contributed by atoms with van der Waals surface area (Å²) >= 11 is 3.40. The van der Waals surface area contributed by atoms with E-state index < -0.39 is 0 Å². The van der Waals surface area contributed by atoms with E-state index in [9.17, 15) is 4.79 Å². The van der Waals surface area contributed by atoms with Gasteiger partial charge in [0.15, 0.2) is 0 Å². The number of hydrogen-bond acceptors (Lipinski definition) is 5. The van der Waals surface area contributed by atoms with Crippen molar-refractivity contribution in [3.63, 3.8) is 0 Å². The summed E-state index contributed by atoms with van der Waals surface area (Å²) in [5.74, 6) is 1.61. The van der Waals surface area contributed by atoms with Crippen LogP contribution in [-0.4, -0.2) is 46.8 Å². The van der Waals surface area contributed by atoms with Crippen LogP contribution in [0.2, 0.25) is 0 Å². The van der Waals surface area contributed by atoms with Crippen molar-refractivity contribution in [3.8, 4) is 0 Å². The van der Waals surface area contributed by atoms with Crippen LogP contribution in [0.3, 0.4) is 0 Å². The monoisotopic (exact) mass is 362 g/mol. The number of rotatable bonds is 4. The maximum Gasteiger partial charge on any atom is 0.232 e. The lowest BCUT2D eigenvalue weighted by Gasteiger charge is -2.43. The molecule has 0 spiro atoms. The van der Waals surface area contributed by atoms with Gasteiger partial charge in [0.05, 0.1) is 34.7 Å². The third-order valence-electron chi connectivity index (χ3n) is 4.84. The first-order chi connectivity index (χ1) is 11.8. The summed E-state index contributed by atoms with van der Waals surface area (Å²) in [6.45, 7) is 1.44. The van der Waals surface area contributed by atoms with E-state index in [4.69, 9.17) is 4.74 Å². The fraction of sp³-hybridized carbons (Fsp3) is 0.556. The quantitative estimate of drug-likeness (QED) is 0.832. The number of carbonyl (C=O) groups excluding carboxylic acids is 1. The van der Waals surface area contributed by atoms with Gasteiger partial charge in [-0.15, -0.1) is 23.1 Å². The van der Waals surface area contributed by atoms with Gasteiger partial charge in [0, 0.05) is 12.3 Å². The number of hydrogen-bond donors (Lipinski definition) is 0. The van der Waals surface area contributed by atoms with Crippen LogP contribution < -0.4 is 0 Å². The van der Waals surface area contributed by atoms with Crippen LogP contribution in [0.4, 0.5) is 0 Å². The van der Waals surface area contributed by atoms with E-state index in [2.05, 4.69) is 16.0 Å². The lowest BCUT2D eigenvalue weighted by atomic mass is 9.90. The highest BCUT2D eigenvalue weighted by atomic mass is 32.2. The number of morpholine rings is 1. The molecule has 128 valence electrons. The highest BCUT2D eigenvalue weighted by Gasteiger charge is 2.36. The van der Waals surface area contributed by atoms with Crippen molar-refractivity contribution in [1.82, 2.24) is 9.88 Å². The molecular weight excluding hydrogens is 340 g/mol. The summed E-state index contributed by atoms with van der Waals surface area (Å²) in [5.41, 5.74) is 1.06. The van der Waals surface area contributed by atoms with Crippen molar-refractivity contribution in [3.05, 3.63) is 29.3 Å². The van der Waals surface area contributed by atoms with Gasteiger partial charge in [-0.25, -0.2) is 4.98 Å². The van der Waals surface area contributed by atoms with Crippen LogP contribution in [0.5, 0.6) is 0 Å². The Labute approximate surface area is 150 Å². The number of amides is 1. The number of thioether (sulfide) groups is 1. The van der Waals surface area contributed by atoms with Crippen molar-refractivity contribution >= 4 is 39.2 Å². The first-order valence-corrected chi connectivity index (χ1v) is 10.6. The van der Waals surface area contributed by atoms with Crippen molar-refractivity contribution < 1.29 is 9.53 Å². The molecule has 1 saturated carbocycles. The van der Waals surface area contributed by atoms with E-state index in [0.29, 0.717) is 18.4 Å². The van der Waals surface area contributed by atoms with Crippen molar-refractivity contribution in [2.45, 2.75) is 43.6 Å². The van der Waals surface area contributed by atoms with Gasteiger partial charge in [0.1, 0.15) is 5.01 Å². The van der Waals surface area contributed by atoms with Crippen LogP contribution in [0.15, 0.2) is 24.3 Å². The minimum atomic E-state index is 0.265. The van der Waals surface area contributed by atoms with Gasteiger partial charge in [-0.2, -0.15) is 0 Å². The molecule has 4 nitrogen and oxygen atoms in total. The molecule has 2 aliphatic rings. The Morgan fingerprint density at radius 3 is 3.12 bits per heavy atom. The van der Waals surface area contributed by atoms with E-state index in [0.717, 1.165) is 35.7 Å². The van der Waals surface area contributed by atoms with Crippen LogP contribution in [0, 0.1) is 0 Å². The van der Waals surface area contributed by atoms with Crippen molar-refractivity contribution in [2.24, 2.45) is 0 Å². The molecule has 2 fully saturated rings. The Morgan fingerprint density at radius 2 is 2.21 bits per heavy atom. The number of fused-ring (bicyclic) bond motifs is 2. The Kier molecular flexibility index (Phi) is 5.06. The number of thiazole rings is 1. The SMILES string of the molecule is O=C(CSCc1nc2ccccc2s1)N1CCOC2CCCCC21. The van der Waals surface area contributed by atoms with Crippen molar-refractivity contribution in [1.29, 1.82) is 0 Å². The number of carbonyl (C=O) groups is 1. The Hall–Kier alpha value is -1.11. The summed E-state index contributed by atoms with van der Waals surface area (Å²) in [7, 11) is 0. The average Bonchev–Trinajstić information content (AvgIpc) is 3.04. The summed E-state index contributed by atoms with van der Waals surface area (Å²) in [5, 5.41) is 1.10. The molecule has 6 heteroatoms. The molecule has 1 aliphatic heterocycles. The third-order valence-corrected chi connectivity index (χ3v) is 6.99. The minimum absolute atomic E-state index is 0.265. The molecule has 2 heterocycles. The summed E-state index contributed by atoms with van der Waals surface area (Å²) in [4.78, 5) is 19.4. The van der Waals surface area contributed by atoms with Gasteiger partial charge in [-0.1, -0.05) is 25.0 Å². The number of ether oxygens (including phenoxy) is 1. The molecule has 1 aromatic heterocycles. The van der Waals surface area contributed by atoms with Crippen LogP contribution in [0.25, 0.3) is 10.2 Å². The molecule has 2 aromatic rings. The third kappa shape index (κ3) is 3.46. The number of para-hydroxylation sites is 1. The standard InChI is InChI=1S/C18H22N2O2S2/c21-18(20-9-10-22-15-7-3-2-6-14(15)20)12-23-11-17-19-13-5-1-4-8-16(13)24-17/h1,4-5,8,14-15H,2-3,6-7,9-12H2. The maximum absolute atomic E-state index is 12.6. The van der Waals surface area contributed by atoms with Gasteiger partial charge >= 0.3 is 0 Å². The first kappa shape index (κ1) is 16.4. The Bertz CT molecular complexity index is 683. The molecule has 1 amide bonds. The molecule has 2 atom stereocenters. The van der Waals surface area contributed by atoms with Crippen LogP contribution >= 0.6 is 23.1 Å². The van der Waals surface area contributed by atoms with Gasteiger partial charge in [-0.3, -0.25) is 4.79 Å². The molecule has 0 bridgehead atoms. The Morgan fingerprint density at radius 1 is 1.33 bits per heavy atom. The van der Waals surface area contributed by atoms with E-state index in [-0.39, 0.29) is 12.0 Å².